The third kappa shape index (κ3) is 1.69. The molecule has 1 aliphatic carbocycles. The summed E-state index contributed by atoms with van der Waals surface area (Å²) in [5.74, 6) is -1.86. The summed E-state index contributed by atoms with van der Waals surface area (Å²) in [6.45, 7) is 1.91. The minimum Gasteiger partial charge on any atom is -0.465 e. The van der Waals surface area contributed by atoms with Crippen molar-refractivity contribution in [3.05, 3.63) is 0 Å². The maximum absolute atomic E-state index is 11.0. The SMILES string of the molecule is CCOC(=O)C1CC(=O)CC1=O. The van der Waals surface area contributed by atoms with E-state index in [4.69, 9.17) is 0 Å². The molecular formula is C8H10O4. The molecule has 0 N–H and O–H groups in total. The van der Waals surface area contributed by atoms with E-state index in [1.165, 1.54) is 0 Å². The molecule has 0 spiro atoms. The second-order valence-corrected chi connectivity index (χ2v) is 2.69. The highest BCUT2D eigenvalue weighted by atomic mass is 16.5. The highest BCUT2D eigenvalue weighted by Crippen LogP contribution is 2.19. The van der Waals surface area contributed by atoms with Crippen LogP contribution in [0, 0.1) is 5.92 Å². The Balaban J connectivity index is 2.58. The zero-order valence-electron chi connectivity index (χ0n) is 6.83. The Hall–Kier alpha value is -1.19. The van der Waals surface area contributed by atoms with Gasteiger partial charge in [0.2, 0.25) is 0 Å². The Morgan fingerprint density at radius 1 is 1.58 bits per heavy atom. The fraction of sp³-hybridized carbons (Fsp3) is 0.625. The summed E-state index contributed by atoms with van der Waals surface area (Å²) < 4.78 is 4.63. The number of carbonyl (C=O) groups excluding carboxylic acids is 3. The topological polar surface area (TPSA) is 60.4 Å². The molecular weight excluding hydrogens is 160 g/mol. The fourth-order valence-electron chi connectivity index (χ4n) is 1.19. The van der Waals surface area contributed by atoms with Crippen LogP contribution in [0.15, 0.2) is 0 Å². The van der Waals surface area contributed by atoms with Crippen LogP contribution in [0.4, 0.5) is 0 Å². The van der Waals surface area contributed by atoms with E-state index in [0.717, 1.165) is 0 Å². The highest BCUT2D eigenvalue weighted by Gasteiger charge is 2.37. The van der Waals surface area contributed by atoms with E-state index in [1.807, 2.05) is 0 Å². The van der Waals surface area contributed by atoms with Crippen LogP contribution in [0.3, 0.4) is 0 Å². The van der Waals surface area contributed by atoms with Gasteiger partial charge in [0.15, 0.2) is 5.78 Å². The van der Waals surface area contributed by atoms with Crippen molar-refractivity contribution < 1.29 is 19.1 Å². The molecule has 1 saturated carbocycles. The summed E-state index contributed by atoms with van der Waals surface area (Å²) in [5, 5.41) is 0. The number of rotatable bonds is 2. The van der Waals surface area contributed by atoms with Crippen LogP contribution in [-0.2, 0) is 19.1 Å². The van der Waals surface area contributed by atoms with Crippen molar-refractivity contribution in [2.45, 2.75) is 19.8 Å². The maximum atomic E-state index is 11.0. The normalized spacial score (nSPS) is 22.9. The smallest absolute Gasteiger partial charge is 0.316 e. The van der Waals surface area contributed by atoms with E-state index in [-0.39, 0.29) is 31.0 Å². The van der Waals surface area contributed by atoms with E-state index in [1.54, 1.807) is 6.92 Å². The second kappa shape index (κ2) is 3.47. The Kier molecular flexibility index (Phi) is 2.58. The van der Waals surface area contributed by atoms with Gasteiger partial charge in [0.1, 0.15) is 11.7 Å². The van der Waals surface area contributed by atoms with Crippen molar-refractivity contribution in [1.29, 1.82) is 0 Å². The summed E-state index contributed by atoms with van der Waals surface area (Å²) in [6, 6.07) is 0. The predicted octanol–water partition coefficient (Wildman–Crippen LogP) is 0.0977. The summed E-state index contributed by atoms with van der Waals surface area (Å²) in [5.41, 5.74) is 0. The van der Waals surface area contributed by atoms with E-state index >= 15 is 0 Å². The molecule has 0 radical (unpaired) electrons. The van der Waals surface area contributed by atoms with Gasteiger partial charge in [-0.3, -0.25) is 14.4 Å². The number of ketones is 2. The molecule has 4 nitrogen and oxygen atoms in total. The molecule has 0 aliphatic heterocycles. The molecule has 0 aromatic carbocycles. The van der Waals surface area contributed by atoms with Crippen LogP contribution in [0.1, 0.15) is 19.8 Å². The van der Waals surface area contributed by atoms with Crippen molar-refractivity contribution in [3.8, 4) is 0 Å². The van der Waals surface area contributed by atoms with Gasteiger partial charge in [-0.2, -0.15) is 0 Å². The van der Waals surface area contributed by atoms with Crippen molar-refractivity contribution in [1.82, 2.24) is 0 Å². The monoisotopic (exact) mass is 170 g/mol. The van der Waals surface area contributed by atoms with Gasteiger partial charge in [-0.1, -0.05) is 0 Å². The van der Waals surface area contributed by atoms with Crippen LogP contribution in [0.5, 0.6) is 0 Å². The Morgan fingerprint density at radius 3 is 2.67 bits per heavy atom. The second-order valence-electron chi connectivity index (χ2n) is 2.69. The average molecular weight is 170 g/mol. The maximum Gasteiger partial charge on any atom is 0.316 e. The van der Waals surface area contributed by atoms with Crippen molar-refractivity contribution >= 4 is 17.5 Å². The van der Waals surface area contributed by atoms with Crippen LogP contribution in [-0.4, -0.2) is 24.1 Å². The summed E-state index contributed by atoms with van der Waals surface area (Å²) in [7, 11) is 0. The van der Waals surface area contributed by atoms with Gasteiger partial charge in [0, 0.05) is 6.42 Å². The zero-order valence-corrected chi connectivity index (χ0v) is 6.83. The molecule has 12 heavy (non-hydrogen) atoms. The molecule has 0 aromatic heterocycles. The van der Waals surface area contributed by atoms with E-state index in [0.29, 0.717) is 0 Å². The van der Waals surface area contributed by atoms with E-state index in [9.17, 15) is 14.4 Å². The van der Waals surface area contributed by atoms with Gasteiger partial charge in [0.05, 0.1) is 13.0 Å². The standard InChI is InChI=1S/C8H10O4/c1-2-12-8(11)6-3-5(9)4-7(6)10/h6H,2-4H2,1H3. The molecule has 1 atom stereocenters. The molecule has 0 bridgehead atoms. The van der Waals surface area contributed by atoms with Crippen LogP contribution in [0.25, 0.3) is 0 Å². The quantitative estimate of drug-likeness (QED) is 0.435. The minimum absolute atomic E-state index is 0.0255. The zero-order chi connectivity index (χ0) is 9.14. The lowest BCUT2D eigenvalue weighted by Gasteiger charge is -2.04. The molecule has 1 aliphatic rings. The Labute approximate surface area is 69.9 Å². The van der Waals surface area contributed by atoms with Crippen LogP contribution in [0.2, 0.25) is 0 Å². The molecule has 1 unspecified atom stereocenters. The summed E-state index contributed by atoms with van der Waals surface area (Å²) >= 11 is 0. The van der Waals surface area contributed by atoms with Gasteiger partial charge >= 0.3 is 5.97 Å². The van der Waals surface area contributed by atoms with Crippen molar-refractivity contribution in [3.63, 3.8) is 0 Å². The molecule has 0 aromatic rings. The molecule has 0 saturated heterocycles. The van der Waals surface area contributed by atoms with Crippen LogP contribution >= 0.6 is 0 Å². The fourth-order valence-corrected chi connectivity index (χ4v) is 1.19. The van der Waals surface area contributed by atoms with Gasteiger partial charge in [0.25, 0.3) is 0 Å². The number of carbonyl (C=O) groups is 3. The number of ether oxygens (including phenoxy) is 1. The Bertz CT molecular complexity index is 231. The molecule has 1 rings (SSSR count). The van der Waals surface area contributed by atoms with Gasteiger partial charge in [-0.25, -0.2) is 0 Å². The molecule has 66 valence electrons. The molecule has 0 heterocycles. The summed E-state index contributed by atoms with van der Waals surface area (Å²) in [4.78, 5) is 32.7. The van der Waals surface area contributed by atoms with Gasteiger partial charge in [-0.05, 0) is 6.92 Å². The first kappa shape index (κ1) is 8.90. The molecule has 1 fully saturated rings. The first-order chi connectivity index (χ1) is 5.65. The largest absolute Gasteiger partial charge is 0.465 e. The third-order valence-electron chi connectivity index (χ3n) is 1.76. The van der Waals surface area contributed by atoms with E-state index < -0.39 is 11.9 Å². The van der Waals surface area contributed by atoms with Crippen LogP contribution < -0.4 is 0 Å². The molecule has 0 amide bonds. The third-order valence-corrected chi connectivity index (χ3v) is 1.76. The lowest BCUT2D eigenvalue weighted by Crippen LogP contribution is -2.21. The number of Topliss-reactive ketones (excluding diaryl/α,β-unsaturated/α-hetero) is 2. The van der Waals surface area contributed by atoms with Gasteiger partial charge in [-0.15, -0.1) is 0 Å². The minimum atomic E-state index is -0.822. The number of hydrogen-bond donors (Lipinski definition) is 0. The lowest BCUT2D eigenvalue weighted by atomic mass is 10.1. The first-order valence-corrected chi connectivity index (χ1v) is 3.86. The number of hydrogen-bond acceptors (Lipinski definition) is 4. The Morgan fingerprint density at radius 2 is 2.25 bits per heavy atom. The van der Waals surface area contributed by atoms with E-state index in [2.05, 4.69) is 4.74 Å². The van der Waals surface area contributed by atoms with Gasteiger partial charge < -0.3 is 4.74 Å². The van der Waals surface area contributed by atoms with Crippen molar-refractivity contribution in [2.75, 3.05) is 6.61 Å². The number of esters is 1. The predicted molar refractivity (Wildman–Crippen MR) is 39.4 cm³/mol. The van der Waals surface area contributed by atoms with Crippen molar-refractivity contribution in [2.24, 2.45) is 5.92 Å². The average Bonchev–Trinajstić information content (AvgIpc) is 2.30. The summed E-state index contributed by atoms with van der Waals surface area (Å²) in [6.07, 6.45) is -0.0822. The first-order valence-electron chi connectivity index (χ1n) is 3.86. The lowest BCUT2D eigenvalue weighted by molar-refractivity contribution is -0.150. The highest BCUT2D eigenvalue weighted by molar-refractivity contribution is 6.15. The molecule has 4 heteroatoms.